The van der Waals surface area contributed by atoms with E-state index in [2.05, 4.69) is 65.7 Å². The first-order valence-electron chi connectivity index (χ1n) is 10.9. The Balaban J connectivity index is 1.35. The minimum Gasteiger partial charge on any atom is -0.338 e. The zero-order valence-electron chi connectivity index (χ0n) is 18.6. The Morgan fingerprint density at radius 3 is 2.47 bits per heavy atom. The monoisotopic (exact) mass is 431 g/mol. The van der Waals surface area contributed by atoms with Crippen LogP contribution in [0.2, 0.25) is 0 Å². The number of anilines is 4. The van der Waals surface area contributed by atoms with Gasteiger partial charge in [-0.3, -0.25) is 9.69 Å². The number of rotatable bonds is 7. The minimum absolute atomic E-state index is 0.101. The number of aromatic nitrogens is 3. The van der Waals surface area contributed by atoms with Crippen LogP contribution >= 0.6 is 0 Å². The number of nitrogens with zero attached hydrogens (tertiary/aromatic N) is 5. The maximum Gasteiger partial charge on any atom is 0.232 e. The molecule has 166 valence electrons. The molecular formula is C24H29N7O. The lowest BCUT2D eigenvalue weighted by Gasteiger charge is -2.34. The number of carbonyl (C=O) groups is 1. The summed E-state index contributed by atoms with van der Waals surface area (Å²) in [6, 6.07) is 16.3. The molecule has 0 atom stereocenters. The lowest BCUT2D eigenvalue weighted by molar-refractivity contribution is -0.114. The van der Waals surface area contributed by atoms with Gasteiger partial charge in [0.1, 0.15) is 6.33 Å². The Morgan fingerprint density at radius 2 is 1.72 bits per heavy atom. The average molecular weight is 432 g/mol. The Kier molecular flexibility index (Phi) is 6.91. The third-order valence-electron chi connectivity index (χ3n) is 5.66. The molecule has 3 aromatic rings. The number of carbonyl (C=O) groups excluding carboxylic acids is 1. The number of hydrogen-bond acceptors (Lipinski definition) is 7. The molecule has 8 heteroatoms. The number of benzene rings is 2. The van der Waals surface area contributed by atoms with Gasteiger partial charge < -0.3 is 15.5 Å². The van der Waals surface area contributed by atoms with Crippen LogP contribution in [0.4, 0.5) is 23.3 Å². The smallest absolute Gasteiger partial charge is 0.232 e. The molecule has 2 N–H and O–H groups in total. The minimum atomic E-state index is -0.101. The van der Waals surface area contributed by atoms with Gasteiger partial charge in [0.25, 0.3) is 0 Å². The Labute approximate surface area is 188 Å². The summed E-state index contributed by atoms with van der Waals surface area (Å²) in [5.41, 5.74) is 3.92. The van der Waals surface area contributed by atoms with E-state index in [1.165, 1.54) is 12.5 Å². The van der Waals surface area contributed by atoms with Crippen molar-refractivity contribution >= 4 is 29.2 Å². The van der Waals surface area contributed by atoms with Crippen molar-refractivity contribution in [1.82, 2.24) is 19.9 Å². The van der Waals surface area contributed by atoms with E-state index in [1.807, 2.05) is 25.1 Å². The molecule has 2 heterocycles. The molecule has 1 fully saturated rings. The van der Waals surface area contributed by atoms with Crippen molar-refractivity contribution in [3.8, 4) is 0 Å². The third-order valence-corrected chi connectivity index (χ3v) is 5.66. The van der Waals surface area contributed by atoms with E-state index in [0.717, 1.165) is 56.1 Å². The van der Waals surface area contributed by atoms with E-state index in [4.69, 9.17) is 0 Å². The SMILES string of the molecule is CC(=O)Nc1cccc(Nc2ncnc(N3CCN(CCc4ccccc4)CC3)n2)c1C. The summed E-state index contributed by atoms with van der Waals surface area (Å²) in [6.45, 7) is 8.25. The molecule has 1 amide bonds. The molecule has 32 heavy (non-hydrogen) atoms. The van der Waals surface area contributed by atoms with Crippen LogP contribution in [0, 0.1) is 6.92 Å². The first-order valence-corrected chi connectivity index (χ1v) is 10.9. The highest BCUT2D eigenvalue weighted by molar-refractivity contribution is 5.90. The third kappa shape index (κ3) is 5.59. The van der Waals surface area contributed by atoms with Gasteiger partial charge in [0.15, 0.2) is 0 Å². The summed E-state index contributed by atoms with van der Waals surface area (Å²) >= 11 is 0. The summed E-state index contributed by atoms with van der Waals surface area (Å²) < 4.78 is 0. The van der Waals surface area contributed by atoms with Crippen LogP contribution in [0.15, 0.2) is 54.9 Å². The van der Waals surface area contributed by atoms with Crippen LogP contribution in [-0.4, -0.2) is 58.5 Å². The Bertz CT molecular complexity index is 1050. The molecule has 1 aliphatic heterocycles. The fourth-order valence-electron chi connectivity index (χ4n) is 3.82. The largest absolute Gasteiger partial charge is 0.338 e. The van der Waals surface area contributed by atoms with Crippen LogP contribution in [0.5, 0.6) is 0 Å². The Hall–Kier alpha value is -3.52. The normalized spacial score (nSPS) is 14.2. The van der Waals surface area contributed by atoms with Crippen LogP contribution in [0.25, 0.3) is 0 Å². The molecule has 0 saturated carbocycles. The van der Waals surface area contributed by atoms with Crippen molar-refractivity contribution in [3.63, 3.8) is 0 Å². The van der Waals surface area contributed by atoms with Crippen LogP contribution < -0.4 is 15.5 Å². The highest BCUT2D eigenvalue weighted by atomic mass is 16.1. The average Bonchev–Trinajstić information content (AvgIpc) is 2.81. The molecule has 0 unspecified atom stereocenters. The molecule has 1 saturated heterocycles. The maximum absolute atomic E-state index is 11.4. The zero-order valence-corrected chi connectivity index (χ0v) is 18.6. The predicted octanol–water partition coefficient (Wildman–Crippen LogP) is 3.25. The van der Waals surface area contributed by atoms with Gasteiger partial charge in [-0.05, 0) is 36.6 Å². The molecule has 0 radical (unpaired) electrons. The molecule has 8 nitrogen and oxygen atoms in total. The standard InChI is InChI=1S/C24H29N7O/c1-18-21(27-19(2)32)9-6-10-22(18)28-23-25-17-26-24(29-23)31-15-13-30(14-16-31)12-11-20-7-4-3-5-8-20/h3-10,17H,11-16H2,1-2H3,(H,27,32)(H,25,26,28,29). The van der Waals surface area contributed by atoms with Crippen LogP contribution in [0.1, 0.15) is 18.1 Å². The highest BCUT2D eigenvalue weighted by Gasteiger charge is 2.19. The van der Waals surface area contributed by atoms with Gasteiger partial charge in [-0.2, -0.15) is 4.98 Å². The summed E-state index contributed by atoms with van der Waals surface area (Å²) in [4.78, 5) is 29.4. The number of hydrogen-bond donors (Lipinski definition) is 2. The van der Waals surface area contributed by atoms with Gasteiger partial charge >= 0.3 is 0 Å². The fourth-order valence-corrected chi connectivity index (χ4v) is 3.82. The van der Waals surface area contributed by atoms with E-state index in [9.17, 15) is 4.79 Å². The molecule has 4 rings (SSSR count). The second-order valence-electron chi connectivity index (χ2n) is 7.96. The molecular weight excluding hydrogens is 402 g/mol. The van der Waals surface area contributed by atoms with E-state index >= 15 is 0 Å². The van der Waals surface area contributed by atoms with Crippen LogP contribution in [0.3, 0.4) is 0 Å². The second-order valence-corrected chi connectivity index (χ2v) is 7.96. The highest BCUT2D eigenvalue weighted by Crippen LogP contribution is 2.25. The lowest BCUT2D eigenvalue weighted by atomic mass is 10.1. The molecule has 1 aliphatic rings. The van der Waals surface area contributed by atoms with Crippen molar-refractivity contribution in [1.29, 1.82) is 0 Å². The first-order chi connectivity index (χ1) is 15.6. The van der Waals surface area contributed by atoms with Gasteiger partial charge in [-0.1, -0.05) is 36.4 Å². The fraction of sp³-hybridized carbons (Fsp3) is 0.333. The van der Waals surface area contributed by atoms with Gasteiger partial charge in [0, 0.05) is 51.0 Å². The summed E-state index contributed by atoms with van der Waals surface area (Å²) in [5, 5.41) is 6.10. The Morgan fingerprint density at radius 1 is 0.969 bits per heavy atom. The van der Waals surface area contributed by atoms with Gasteiger partial charge in [-0.15, -0.1) is 0 Å². The van der Waals surface area contributed by atoms with E-state index in [0.29, 0.717) is 11.9 Å². The van der Waals surface area contributed by atoms with Gasteiger partial charge in [-0.25, -0.2) is 9.97 Å². The van der Waals surface area contributed by atoms with Crippen molar-refractivity contribution in [2.75, 3.05) is 48.3 Å². The van der Waals surface area contributed by atoms with Crippen molar-refractivity contribution in [2.45, 2.75) is 20.3 Å². The number of piperazine rings is 1. The summed E-state index contributed by atoms with van der Waals surface area (Å²) in [7, 11) is 0. The topological polar surface area (TPSA) is 86.3 Å². The van der Waals surface area contributed by atoms with Crippen molar-refractivity contribution in [2.24, 2.45) is 0 Å². The van der Waals surface area contributed by atoms with E-state index in [1.54, 1.807) is 6.33 Å². The van der Waals surface area contributed by atoms with Crippen LogP contribution in [-0.2, 0) is 11.2 Å². The lowest BCUT2D eigenvalue weighted by Crippen LogP contribution is -2.47. The molecule has 1 aromatic heterocycles. The first kappa shape index (κ1) is 21.7. The summed E-state index contributed by atoms with van der Waals surface area (Å²) in [5.74, 6) is 1.07. The van der Waals surface area contributed by atoms with Crippen molar-refractivity contribution < 1.29 is 4.79 Å². The maximum atomic E-state index is 11.4. The molecule has 0 aliphatic carbocycles. The number of amides is 1. The summed E-state index contributed by atoms with van der Waals surface area (Å²) in [6.07, 6.45) is 2.61. The van der Waals surface area contributed by atoms with E-state index in [-0.39, 0.29) is 5.91 Å². The molecule has 0 spiro atoms. The van der Waals surface area contributed by atoms with Gasteiger partial charge in [0.05, 0.1) is 0 Å². The van der Waals surface area contributed by atoms with Gasteiger partial charge in [0.2, 0.25) is 17.8 Å². The molecule has 0 bridgehead atoms. The van der Waals surface area contributed by atoms with E-state index < -0.39 is 0 Å². The molecule has 2 aromatic carbocycles. The zero-order chi connectivity index (χ0) is 22.3. The second kappa shape index (κ2) is 10.2. The quantitative estimate of drug-likeness (QED) is 0.594. The predicted molar refractivity (Wildman–Crippen MR) is 127 cm³/mol. The van der Waals surface area contributed by atoms with Crippen molar-refractivity contribution in [3.05, 3.63) is 66.0 Å². The number of nitrogens with one attached hydrogen (secondary N) is 2.